The summed E-state index contributed by atoms with van der Waals surface area (Å²) in [6, 6.07) is 10.4. The van der Waals surface area contributed by atoms with E-state index in [1.165, 1.54) is 4.57 Å². The van der Waals surface area contributed by atoms with E-state index >= 15 is 0 Å². The average Bonchev–Trinajstić information content (AvgIpc) is 2.71. The van der Waals surface area contributed by atoms with Gasteiger partial charge in [0.2, 0.25) is 5.91 Å². The molecule has 0 fully saturated rings. The quantitative estimate of drug-likeness (QED) is 0.725. The zero-order valence-corrected chi connectivity index (χ0v) is 18.0. The third kappa shape index (κ3) is 5.35. The number of aromatic nitrogens is 1. The smallest absolute Gasteiger partial charge is 0.269 e. The summed E-state index contributed by atoms with van der Waals surface area (Å²) in [5.41, 5.74) is 1.73. The largest absolute Gasteiger partial charge is 0.339 e. The average molecular weight is 409 g/mol. The van der Waals surface area contributed by atoms with Crippen LogP contribution in [0.3, 0.4) is 0 Å². The predicted octanol–water partition coefficient (Wildman–Crippen LogP) is 3.24. The lowest BCUT2D eigenvalue weighted by molar-refractivity contribution is -0.116. The van der Waals surface area contributed by atoms with Crippen LogP contribution < -0.4 is 10.9 Å². The first kappa shape index (κ1) is 22.9. The molecule has 0 saturated carbocycles. The SMILES string of the molecule is CCCN(CCC)C(=O)c1cccc(NC(=O)Cn2c(C)cc(C)c(C#N)c2=O)c1. The number of anilines is 1. The van der Waals surface area contributed by atoms with Crippen LogP contribution in [-0.4, -0.2) is 34.4 Å². The number of rotatable bonds is 8. The molecule has 0 bridgehead atoms. The summed E-state index contributed by atoms with van der Waals surface area (Å²) < 4.78 is 1.28. The van der Waals surface area contributed by atoms with Crippen molar-refractivity contribution < 1.29 is 9.59 Å². The van der Waals surface area contributed by atoms with Gasteiger partial charge >= 0.3 is 0 Å². The van der Waals surface area contributed by atoms with Gasteiger partial charge in [0.05, 0.1) is 0 Å². The van der Waals surface area contributed by atoms with Crippen LogP contribution in [0.1, 0.15) is 53.9 Å². The maximum absolute atomic E-state index is 12.8. The van der Waals surface area contributed by atoms with Crippen LogP contribution in [0, 0.1) is 25.2 Å². The van der Waals surface area contributed by atoms with Crippen LogP contribution >= 0.6 is 0 Å². The van der Waals surface area contributed by atoms with Gasteiger partial charge < -0.3 is 14.8 Å². The first-order valence-corrected chi connectivity index (χ1v) is 10.1. The molecule has 0 saturated heterocycles. The first-order valence-electron chi connectivity index (χ1n) is 10.1. The number of hydrogen-bond acceptors (Lipinski definition) is 4. The van der Waals surface area contributed by atoms with Gasteiger partial charge in [-0.05, 0) is 56.5 Å². The molecular formula is C23H28N4O3. The molecule has 30 heavy (non-hydrogen) atoms. The summed E-state index contributed by atoms with van der Waals surface area (Å²) in [6.45, 7) is 8.62. The van der Waals surface area contributed by atoms with Gasteiger partial charge in [-0.2, -0.15) is 5.26 Å². The number of nitriles is 1. The van der Waals surface area contributed by atoms with Crippen molar-refractivity contribution in [3.63, 3.8) is 0 Å². The highest BCUT2D eigenvalue weighted by Gasteiger charge is 2.16. The molecule has 7 heteroatoms. The van der Waals surface area contributed by atoms with Crippen LogP contribution in [0.25, 0.3) is 0 Å². The van der Waals surface area contributed by atoms with Crippen molar-refractivity contribution in [1.82, 2.24) is 9.47 Å². The molecule has 0 atom stereocenters. The number of carbonyl (C=O) groups excluding carboxylic acids is 2. The normalized spacial score (nSPS) is 10.4. The van der Waals surface area contributed by atoms with Crippen LogP contribution in [-0.2, 0) is 11.3 Å². The highest BCUT2D eigenvalue weighted by atomic mass is 16.2. The summed E-state index contributed by atoms with van der Waals surface area (Å²) in [6.07, 6.45) is 1.75. The Morgan fingerprint density at radius 1 is 1.13 bits per heavy atom. The second-order valence-corrected chi connectivity index (χ2v) is 7.27. The minimum absolute atomic E-state index is 0.0351. The monoisotopic (exact) mass is 408 g/mol. The summed E-state index contributed by atoms with van der Waals surface area (Å²) in [5.74, 6) is -0.476. The van der Waals surface area contributed by atoms with Gasteiger partial charge in [0.15, 0.2) is 0 Å². The molecule has 2 aromatic rings. The molecule has 0 radical (unpaired) electrons. The van der Waals surface area contributed by atoms with E-state index in [0.717, 1.165) is 12.8 Å². The number of nitrogens with zero attached hydrogens (tertiary/aromatic N) is 3. The number of hydrogen-bond donors (Lipinski definition) is 1. The van der Waals surface area contributed by atoms with E-state index in [2.05, 4.69) is 5.32 Å². The topological polar surface area (TPSA) is 95.2 Å². The van der Waals surface area contributed by atoms with Gasteiger partial charge in [0.1, 0.15) is 18.2 Å². The Labute approximate surface area is 176 Å². The molecule has 0 aliphatic heterocycles. The highest BCUT2D eigenvalue weighted by molar-refractivity contribution is 5.97. The first-order chi connectivity index (χ1) is 14.3. The van der Waals surface area contributed by atoms with E-state index in [4.69, 9.17) is 0 Å². The third-order valence-electron chi connectivity index (χ3n) is 4.79. The molecule has 7 nitrogen and oxygen atoms in total. The van der Waals surface area contributed by atoms with E-state index in [0.29, 0.717) is 35.6 Å². The van der Waals surface area contributed by atoms with E-state index in [9.17, 15) is 19.6 Å². The van der Waals surface area contributed by atoms with Gasteiger partial charge in [-0.3, -0.25) is 14.4 Å². The van der Waals surface area contributed by atoms with Crippen molar-refractivity contribution in [3.8, 4) is 6.07 Å². The second-order valence-electron chi connectivity index (χ2n) is 7.27. The van der Waals surface area contributed by atoms with E-state index < -0.39 is 11.5 Å². The van der Waals surface area contributed by atoms with E-state index in [1.54, 1.807) is 49.1 Å². The Bertz CT molecular complexity index is 1030. The number of benzene rings is 1. The van der Waals surface area contributed by atoms with Gasteiger partial charge in [0.25, 0.3) is 11.5 Å². The molecule has 0 spiro atoms. The van der Waals surface area contributed by atoms with E-state index in [-0.39, 0.29) is 18.0 Å². The lowest BCUT2D eigenvalue weighted by Crippen LogP contribution is -2.32. The Kier molecular flexibility index (Phi) is 7.93. The van der Waals surface area contributed by atoms with Gasteiger partial charge in [0, 0.05) is 30.0 Å². The maximum Gasteiger partial charge on any atom is 0.269 e. The molecule has 2 rings (SSSR count). The molecule has 0 aliphatic carbocycles. The third-order valence-corrected chi connectivity index (χ3v) is 4.79. The summed E-state index contributed by atoms with van der Waals surface area (Å²) >= 11 is 0. The van der Waals surface area contributed by atoms with E-state index in [1.807, 2.05) is 19.9 Å². The molecular weight excluding hydrogens is 380 g/mol. The predicted molar refractivity (Wildman–Crippen MR) is 116 cm³/mol. The van der Waals surface area contributed by atoms with Crippen LogP contribution in [0.15, 0.2) is 35.1 Å². The van der Waals surface area contributed by atoms with Crippen molar-refractivity contribution in [3.05, 3.63) is 63.1 Å². The standard InChI is InChI=1S/C23H28N4O3/c1-5-10-26(11-6-2)22(29)18-8-7-9-19(13-18)25-21(28)15-27-17(4)12-16(3)20(14-24)23(27)30/h7-9,12-13H,5-6,10-11,15H2,1-4H3,(H,25,28). The minimum atomic E-state index is -0.483. The fourth-order valence-electron chi connectivity index (χ4n) is 3.37. The summed E-state index contributed by atoms with van der Waals surface area (Å²) in [4.78, 5) is 39.6. The van der Waals surface area contributed by atoms with Gasteiger partial charge in [-0.25, -0.2) is 0 Å². The number of pyridine rings is 1. The van der Waals surface area contributed by atoms with Crippen molar-refractivity contribution in [2.24, 2.45) is 0 Å². The molecule has 0 aliphatic rings. The Balaban J connectivity index is 2.20. The maximum atomic E-state index is 12.8. The molecule has 0 unspecified atom stereocenters. The second kappa shape index (κ2) is 10.4. The van der Waals surface area contributed by atoms with Crippen molar-refractivity contribution >= 4 is 17.5 Å². The van der Waals surface area contributed by atoms with Gasteiger partial charge in [-0.1, -0.05) is 19.9 Å². The molecule has 1 N–H and O–H groups in total. The number of carbonyl (C=O) groups is 2. The number of nitrogens with one attached hydrogen (secondary N) is 1. The zero-order chi connectivity index (χ0) is 22.3. The Hall–Kier alpha value is -3.40. The fourth-order valence-corrected chi connectivity index (χ4v) is 3.37. The fraction of sp³-hybridized carbons (Fsp3) is 0.391. The Morgan fingerprint density at radius 3 is 2.40 bits per heavy atom. The molecule has 1 heterocycles. The van der Waals surface area contributed by atoms with Crippen molar-refractivity contribution in [2.75, 3.05) is 18.4 Å². The zero-order valence-electron chi connectivity index (χ0n) is 18.0. The summed E-state index contributed by atoms with van der Waals surface area (Å²) in [5, 5.41) is 11.9. The summed E-state index contributed by atoms with van der Waals surface area (Å²) in [7, 11) is 0. The van der Waals surface area contributed by atoms with Crippen LogP contribution in [0.2, 0.25) is 0 Å². The molecule has 1 aromatic heterocycles. The molecule has 1 aromatic carbocycles. The van der Waals surface area contributed by atoms with Crippen LogP contribution in [0.4, 0.5) is 5.69 Å². The lowest BCUT2D eigenvalue weighted by atomic mass is 10.1. The molecule has 2 amide bonds. The van der Waals surface area contributed by atoms with Crippen molar-refractivity contribution in [1.29, 1.82) is 5.26 Å². The Morgan fingerprint density at radius 2 is 1.80 bits per heavy atom. The number of aryl methyl sites for hydroxylation is 2. The van der Waals surface area contributed by atoms with Gasteiger partial charge in [-0.15, -0.1) is 0 Å². The lowest BCUT2D eigenvalue weighted by Gasteiger charge is -2.21. The highest BCUT2D eigenvalue weighted by Crippen LogP contribution is 2.14. The minimum Gasteiger partial charge on any atom is -0.339 e. The number of amides is 2. The molecule has 158 valence electrons. The van der Waals surface area contributed by atoms with Crippen molar-refractivity contribution in [2.45, 2.75) is 47.1 Å². The van der Waals surface area contributed by atoms with Crippen LogP contribution in [0.5, 0.6) is 0 Å².